The Kier molecular flexibility index (Phi) is 3.86. The zero-order valence-corrected chi connectivity index (χ0v) is 11.0. The van der Waals surface area contributed by atoms with Crippen molar-refractivity contribution in [2.24, 2.45) is 5.92 Å². The van der Waals surface area contributed by atoms with E-state index in [1.807, 2.05) is 18.2 Å². The predicted molar refractivity (Wildman–Crippen MR) is 66.2 cm³/mol. The Morgan fingerprint density at radius 1 is 1.50 bits per heavy atom. The van der Waals surface area contributed by atoms with Crippen LogP contribution in [0.1, 0.15) is 24.5 Å². The molecular formula is C12H11BrClNO. The minimum absolute atomic E-state index is 0.0539. The van der Waals surface area contributed by atoms with Crippen molar-refractivity contribution < 1.29 is 4.74 Å². The van der Waals surface area contributed by atoms with Crippen LogP contribution in [-0.2, 0) is 4.74 Å². The predicted octanol–water partition coefficient (Wildman–Crippen LogP) is 4.09. The van der Waals surface area contributed by atoms with Gasteiger partial charge in [-0.05, 0) is 46.5 Å². The van der Waals surface area contributed by atoms with Crippen LogP contribution in [0.5, 0.6) is 0 Å². The summed E-state index contributed by atoms with van der Waals surface area (Å²) in [4.78, 5) is 0. The molecule has 0 spiro atoms. The third kappa shape index (κ3) is 2.40. The fourth-order valence-corrected chi connectivity index (χ4v) is 2.45. The Labute approximate surface area is 108 Å². The van der Waals surface area contributed by atoms with Crippen LogP contribution in [-0.4, -0.2) is 6.61 Å². The van der Waals surface area contributed by atoms with Crippen LogP contribution in [0, 0.1) is 17.2 Å². The highest BCUT2D eigenvalue weighted by atomic mass is 79.9. The number of benzene rings is 1. The molecule has 1 aromatic rings. The van der Waals surface area contributed by atoms with Crippen LogP contribution in [0.25, 0.3) is 0 Å². The summed E-state index contributed by atoms with van der Waals surface area (Å²) >= 11 is 9.32. The Morgan fingerprint density at radius 2 is 2.31 bits per heavy atom. The summed E-state index contributed by atoms with van der Waals surface area (Å²) in [6, 6.07) is 8.00. The first-order valence-electron chi connectivity index (χ1n) is 5.18. The van der Waals surface area contributed by atoms with Gasteiger partial charge in [-0.3, -0.25) is 0 Å². The van der Waals surface area contributed by atoms with Crippen molar-refractivity contribution in [3.63, 3.8) is 0 Å². The summed E-state index contributed by atoms with van der Waals surface area (Å²) in [7, 11) is 0. The van der Waals surface area contributed by atoms with Gasteiger partial charge in [-0.15, -0.1) is 0 Å². The maximum atomic E-state index is 9.08. The van der Waals surface area contributed by atoms with Crippen LogP contribution >= 0.6 is 27.5 Å². The maximum absolute atomic E-state index is 9.08. The Hall–Kier alpha value is -0.560. The normalized spacial score (nSPS) is 25.1. The van der Waals surface area contributed by atoms with Crippen molar-refractivity contribution in [1.29, 1.82) is 5.26 Å². The number of nitriles is 1. The molecule has 0 aromatic heterocycles. The molecule has 16 heavy (non-hydrogen) atoms. The van der Waals surface area contributed by atoms with Gasteiger partial charge in [-0.2, -0.15) is 5.26 Å². The minimum atomic E-state index is -0.118. The minimum Gasteiger partial charge on any atom is -0.372 e. The highest BCUT2D eigenvalue weighted by Gasteiger charge is 2.27. The molecule has 84 valence electrons. The molecule has 1 saturated heterocycles. The molecule has 2 atom stereocenters. The van der Waals surface area contributed by atoms with Crippen LogP contribution in [0.4, 0.5) is 0 Å². The zero-order chi connectivity index (χ0) is 11.5. The number of halogens is 2. The second-order valence-corrected chi connectivity index (χ2v) is 5.10. The molecule has 2 unspecified atom stereocenters. The first kappa shape index (κ1) is 11.9. The summed E-state index contributed by atoms with van der Waals surface area (Å²) in [5.74, 6) is -0.0539. The molecule has 2 rings (SSSR count). The largest absolute Gasteiger partial charge is 0.372 e. The van der Waals surface area contributed by atoms with Gasteiger partial charge in [-0.25, -0.2) is 0 Å². The van der Waals surface area contributed by atoms with Gasteiger partial charge in [0.15, 0.2) is 0 Å². The molecule has 0 radical (unpaired) electrons. The first-order valence-corrected chi connectivity index (χ1v) is 6.35. The molecule has 1 fully saturated rings. The Morgan fingerprint density at radius 3 is 3.00 bits per heavy atom. The maximum Gasteiger partial charge on any atom is 0.0983 e. The number of hydrogen-bond acceptors (Lipinski definition) is 2. The van der Waals surface area contributed by atoms with E-state index in [0.717, 1.165) is 29.5 Å². The summed E-state index contributed by atoms with van der Waals surface area (Å²) < 4.78 is 6.52. The third-order valence-electron chi connectivity index (χ3n) is 2.76. The van der Waals surface area contributed by atoms with Gasteiger partial charge in [0.05, 0.1) is 23.1 Å². The molecular weight excluding hydrogens is 289 g/mol. The lowest BCUT2D eigenvalue weighted by Crippen LogP contribution is -2.21. The van der Waals surface area contributed by atoms with E-state index in [9.17, 15) is 0 Å². The van der Waals surface area contributed by atoms with E-state index in [2.05, 4.69) is 22.0 Å². The second-order valence-electron chi connectivity index (χ2n) is 3.84. The van der Waals surface area contributed by atoms with Crippen LogP contribution < -0.4 is 0 Å². The summed E-state index contributed by atoms with van der Waals surface area (Å²) in [6.45, 7) is 0.725. The Balaban J connectivity index is 2.28. The van der Waals surface area contributed by atoms with E-state index in [-0.39, 0.29) is 12.0 Å². The van der Waals surface area contributed by atoms with Gasteiger partial charge in [0, 0.05) is 11.1 Å². The van der Waals surface area contributed by atoms with E-state index in [1.54, 1.807) is 0 Å². The highest BCUT2D eigenvalue weighted by Crippen LogP contribution is 2.35. The van der Waals surface area contributed by atoms with Crippen molar-refractivity contribution >= 4 is 27.5 Å². The van der Waals surface area contributed by atoms with Gasteiger partial charge >= 0.3 is 0 Å². The average molecular weight is 301 g/mol. The average Bonchev–Trinajstić information content (AvgIpc) is 2.32. The molecule has 0 bridgehead atoms. The van der Waals surface area contributed by atoms with E-state index >= 15 is 0 Å². The molecule has 1 aliphatic rings. The molecule has 0 N–H and O–H groups in total. The van der Waals surface area contributed by atoms with Crippen molar-refractivity contribution in [2.45, 2.75) is 18.9 Å². The van der Waals surface area contributed by atoms with E-state index in [1.165, 1.54) is 0 Å². The van der Waals surface area contributed by atoms with Crippen molar-refractivity contribution in [1.82, 2.24) is 0 Å². The van der Waals surface area contributed by atoms with Gasteiger partial charge in [-0.1, -0.05) is 17.7 Å². The van der Waals surface area contributed by atoms with Gasteiger partial charge < -0.3 is 4.74 Å². The zero-order valence-electron chi connectivity index (χ0n) is 8.62. The van der Waals surface area contributed by atoms with Crippen LogP contribution in [0.3, 0.4) is 0 Å². The lowest BCUT2D eigenvalue weighted by atomic mass is 9.91. The van der Waals surface area contributed by atoms with Crippen molar-refractivity contribution in [2.75, 3.05) is 6.61 Å². The van der Waals surface area contributed by atoms with Crippen LogP contribution in [0.2, 0.25) is 5.02 Å². The first-order chi connectivity index (χ1) is 7.72. The van der Waals surface area contributed by atoms with E-state index in [0.29, 0.717) is 5.02 Å². The molecule has 0 aliphatic carbocycles. The molecule has 1 heterocycles. The topological polar surface area (TPSA) is 33.0 Å². The second kappa shape index (κ2) is 5.18. The standard InChI is InChI=1S/C12H11BrClNO/c13-10-6-8(3-4-11(10)14)12-9(7-15)2-1-5-16-12/h3-4,6,9,12H,1-2,5H2. The summed E-state index contributed by atoms with van der Waals surface area (Å²) in [5, 5.41) is 9.75. The van der Waals surface area contributed by atoms with Gasteiger partial charge in [0.1, 0.15) is 0 Å². The molecule has 0 amide bonds. The Bertz CT molecular complexity index is 430. The monoisotopic (exact) mass is 299 g/mol. The fourth-order valence-electron chi connectivity index (χ4n) is 1.93. The number of ether oxygens (including phenoxy) is 1. The number of nitrogens with zero attached hydrogens (tertiary/aromatic N) is 1. The lowest BCUT2D eigenvalue weighted by molar-refractivity contribution is -0.0102. The van der Waals surface area contributed by atoms with Gasteiger partial charge in [0.2, 0.25) is 0 Å². The quantitative estimate of drug-likeness (QED) is 0.782. The smallest absolute Gasteiger partial charge is 0.0983 e. The van der Waals surface area contributed by atoms with Crippen LogP contribution in [0.15, 0.2) is 22.7 Å². The molecule has 0 saturated carbocycles. The number of hydrogen-bond donors (Lipinski definition) is 0. The molecule has 1 aliphatic heterocycles. The van der Waals surface area contributed by atoms with Gasteiger partial charge in [0.25, 0.3) is 0 Å². The lowest BCUT2D eigenvalue weighted by Gasteiger charge is -2.27. The van der Waals surface area contributed by atoms with E-state index < -0.39 is 0 Å². The third-order valence-corrected chi connectivity index (χ3v) is 3.97. The number of rotatable bonds is 1. The highest BCUT2D eigenvalue weighted by molar-refractivity contribution is 9.10. The molecule has 4 heteroatoms. The van der Waals surface area contributed by atoms with E-state index in [4.69, 9.17) is 21.6 Å². The SMILES string of the molecule is N#CC1CCCOC1c1ccc(Cl)c(Br)c1. The van der Waals surface area contributed by atoms with Crippen molar-refractivity contribution in [3.8, 4) is 6.07 Å². The van der Waals surface area contributed by atoms with Crippen molar-refractivity contribution in [3.05, 3.63) is 33.3 Å². The molecule has 1 aromatic carbocycles. The summed E-state index contributed by atoms with van der Waals surface area (Å²) in [5.41, 5.74) is 1.02. The molecule has 2 nitrogen and oxygen atoms in total. The fraction of sp³-hybridized carbons (Fsp3) is 0.417. The summed E-state index contributed by atoms with van der Waals surface area (Å²) in [6.07, 6.45) is 1.75.